The van der Waals surface area contributed by atoms with Crippen molar-refractivity contribution in [2.45, 2.75) is 6.42 Å². The molecule has 0 amide bonds. The number of hydrogen-bond donors (Lipinski definition) is 3. The lowest BCUT2D eigenvalue weighted by Gasteiger charge is -2.05. The van der Waals surface area contributed by atoms with Crippen LogP contribution in [0.4, 0.5) is 8.78 Å². The van der Waals surface area contributed by atoms with Gasteiger partial charge in [0.15, 0.2) is 11.5 Å². The summed E-state index contributed by atoms with van der Waals surface area (Å²) in [5, 5.41) is 18.1. The van der Waals surface area contributed by atoms with Gasteiger partial charge >= 0.3 is 0 Å². The van der Waals surface area contributed by atoms with Crippen LogP contribution in [0.15, 0.2) is 29.9 Å². The molecule has 0 aliphatic carbocycles. The number of phenolic OH excluding ortho intramolecular Hbond substituents is 2. The van der Waals surface area contributed by atoms with Crippen molar-refractivity contribution < 1.29 is 19.0 Å². The molecule has 0 atom stereocenters. The van der Waals surface area contributed by atoms with Gasteiger partial charge in [-0.1, -0.05) is 6.07 Å². The van der Waals surface area contributed by atoms with E-state index in [9.17, 15) is 8.78 Å². The van der Waals surface area contributed by atoms with Gasteiger partial charge in [0, 0.05) is 18.5 Å². The second-order valence-electron chi connectivity index (χ2n) is 3.07. The molecule has 0 aliphatic heterocycles. The average Bonchev–Trinajstić information content (AvgIpc) is 2.19. The molecule has 0 bridgehead atoms. The van der Waals surface area contributed by atoms with Crippen LogP contribution in [0.5, 0.6) is 11.5 Å². The summed E-state index contributed by atoms with van der Waals surface area (Å²) in [5.74, 6) is -0.610. The second kappa shape index (κ2) is 4.75. The Hall–Kier alpha value is -1.62. The van der Waals surface area contributed by atoms with Gasteiger partial charge in [-0.25, -0.2) is 0 Å². The van der Waals surface area contributed by atoms with Gasteiger partial charge < -0.3 is 15.9 Å². The van der Waals surface area contributed by atoms with E-state index in [1.165, 1.54) is 18.2 Å². The lowest BCUT2D eigenvalue weighted by atomic mass is 10.1. The molecule has 0 aliphatic rings. The first-order valence-electron chi connectivity index (χ1n) is 4.28. The number of hydrogen-bond acceptors (Lipinski definition) is 3. The van der Waals surface area contributed by atoms with Gasteiger partial charge in [0.1, 0.15) is 0 Å². The molecule has 15 heavy (non-hydrogen) atoms. The molecule has 1 rings (SSSR count). The quantitative estimate of drug-likeness (QED) is 0.673. The normalized spacial score (nSPS) is 10.1. The molecule has 0 saturated carbocycles. The number of aromatic hydroxyl groups is 2. The zero-order chi connectivity index (χ0) is 11.4. The fourth-order valence-corrected chi connectivity index (χ4v) is 1.14. The van der Waals surface area contributed by atoms with E-state index >= 15 is 0 Å². The molecule has 0 aromatic heterocycles. The first-order chi connectivity index (χ1) is 7.04. The van der Waals surface area contributed by atoms with Crippen LogP contribution in [0, 0.1) is 0 Å². The van der Waals surface area contributed by atoms with Crippen molar-refractivity contribution in [2.75, 3.05) is 6.54 Å². The van der Waals surface area contributed by atoms with Crippen LogP contribution in [-0.2, 0) is 6.42 Å². The predicted molar refractivity (Wildman–Crippen MR) is 51.8 cm³/mol. The van der Waals surface area contributed by atoms with Crippen molar-refractivity contribution in [1.29, 1.82) is 0 Å². The summed E-state index contributed by atoms with van der Waals surface area (Å²) in [6, 6.07) is 3.93. The summed E-state index contributed by atoms with van der Waals surface area (Å²) in [6.45, 7) is -0.232. The van der Waals surface area contributed by atoms with E-state index in [2.05, 4.69) is 0 Å². The predicted octanol–water partition coefficient (Wildman–Crippen LogP) is 1.75. The minimum absolute atomic E-state index is 0.0350. The zero-order valence-electron chi connectivity index (χ0n) is 7.87. The molecular formula is C10H11F2NO2. The molecule has 0 spiro atoms. The lowest BCUT2D eigenvalue weighted by molar-refractivity contribution is 0.402. The van der Waals surface area contributed by atoms with Crippen molar-refractivity contribution in [1.82, 2.24) is 0 Å². The molecule has 1 aromatic rings. The van der Waals surface area contributed by atoms with Crippen molar-refractivity contribution >= 4 is 0 Å². The number of rotatable bonds is 3. The molecule has 5 heteroatoms. The molecule has 0 unspecified atom stereocenters. The van der Waals surface area contributed by atoms with E-state index in [0.29, 0.717) is 5.56 Å². The highest BCUT2D eigenvalue weighted by Gasteiger charge is 2.07. The smallest absolute Gasteiger partial charge is 0.271 e. The summed E-state index contributed by atoms with van der Waals surface area (Å²) in [4.78, 5) is 0. The molecule has 1 aromatic carbocycles. The Morgan fingerprint density at radius 3 is 2.33 bits per heavy atom. The molecule has 82 valence electrons. The van der Waals surface area contributed by atoms with E-state index in [1.807, 2.05) is 0 Å². The lowest BCUT2D eigenvalue weighted by Crippen LogP contribution is -2.06. The largest absolute Gasteiger partial charge is 0.504 e. The Balaban J connectivity index is 2.90. The monoisotopic (exact) mass is 215 g/mol. The van der Waals surface area contributed by atoms with Gasteiger partial charge in [0.05, 0.1) is 0 Å². The van der Waals surface area contributed by atoms with Crippen LogP contribution in [-0.4, -0.2) is 16.8 Å². The minimum atomic E-state index is -1.80. The van der Waals surface area contributed by atoms with E-state index < -0.39 is 6.08 Å². The van der Waals surface area contributed by atoms with Gasteiger partial charge in [0.25, 0.3) is 6.08 Å². The van der Waals surface area contributed by atoms with Gasteiger partial charge in [-0.2, -0.15) is 8.78 Å². The Labute approximate surface area is 85.5 Å². The SMILES string of the molecule is NCC(Cc1ccc(O)c(O)c1)=C(F)F. The molecule has 3 nitrogen and oxygen atoms in total. The molecule has 0 fully saturated rings. The maximum absolute atomic E-state index is 12.3. The Kier molecular flexibility index (Phi) is 3.62. The summed E-state index contributed by atoms with van der Waals surface area (Å²) in [6.07, 6.45) is -1.84. The fourth-order valence-electron chi connectivity index (χ4n) is 1.14. The van der Waals surface area contributed by atoms with Crippen LogP contribution >= 0.6 is 0 Å². The number of nitrogens with two attached hydrogens (primary N) is 1. The van der Waals surface area contributed by atoms with E-state index in [-0.39, 0.29) is 30.0 Å². The van der Waals surface area contributed by atoms with Gasteiger partial charge in [0.2, 0.25) is 0 Å². The summed E-state index contributed by atoms with van der Waals surface area (Å²) in [7, 11) is 0. The van der Waals surface area contributed by atoms with E-state index in [0.717, 1.165) is 0 Å². The summed E-state index contributed by atoms with van der Waals surface area (Å²) >= 11 is 0. The van der Waals surface area contributed by atoms with Crippen LogP contribution in [0.2, 0.25) is 0 Å². The summed E-state index contributed by atoms with van der Waals surface area (Å²) < 4.78 is 24.5. The minimum Gasteiger partial charge on any atom is -0.504 e. The van der Waals surface area contributed by atoms with E-state index in [4.69, 9.17) is 15.9 Å². The van der Waals surface area contributed by atoms with Crippen molar-refractivity contribution in [3.05, 3.63) is 35.4 Å². The molecule has 0 radical (unpaired) electrons. The number of halogens is 2. The molecule has 0 saturated heterocycles. The second-order valence-corrected chi connectivity index (χ2v) is 3.07. The fraction of sp³-hybridized carbons (Fsp3) is 0.200. The van der Waals surface area contributed by atoms with Gasteiger partial charge in [-0.3, -0.25) is 0 Å². The van der Waals surface area contributed by atoms with Crippen molar-refractivity contribution in [3.8, 4) is 11.5 Å². The first-order valence-corrected chi connectivity index (χ1v) is 4.28. The first kappa shape index (κ1) is 11.5. The van der Waals surface area contributed by atoms with Crippen LogP contribution in [0.1, 0.15) is 5.56 Å². The summed E-state index contributed by atoms with van der Waals surface area (Å²) in [5.41, 5.74) is 5.43. The third kappa shape index (κ3) is 2.92. The maximum Gasteiger partial charge on any atom is 0.271 e. The standard InChI is InChI=1S/C10H11F2NO2/c11-10(12)7(5-13)3-6-1-2-8(14)9(15)4-6/h1-2,4,14-15H,3,5,13H2. The maximum atomic E-state index is 12.3. The molecule has 0 heterocycles. The topological polar surface area (TPSA) is 66.5 Å². The zero-order valence-corrected chi connectivity index (χ0v) is 7.87. The highest BCUT2D eigenvalue weighted by Crippen LogP contribution is 2.26. The Morgan fingerprint density at radius 1 is 1.20 bits per heavy atom. The van der Waals surface area contributed by atoms with Crippen LogP contribution < -0.4 is 5.73 Å². The van der Waals surface area contributed by atoms with Crippen molar-refractivity contribution in [2.24, 2.45) is 5.73 Å². The van der Waals surface area contributed by atoms with Gasteiger partial charge in [-0.05, 0) is 17.7 Å². The molecule has 4 N–H and O–H groups in total. The Bertz CT molecular complexity index is 387. The third-order valence-electron chi connectivity index (χ3n) is 1.97. The van der Waals surface area contributed by atoms with Crippen LogP contribution in [0.25, 0.3) is 0 Å². The highest BCUT2D eigenvalue weighted by molar-refractivity contribution is 5.41. The third-order valence-corrected chi connectivity index (χ3v) is 1.97. The number of phenols is 2. The van der Waals surface area contributed by atoms with Crippen LogP contribution in [0.3, 0.4) is 0 Å². The number of benzene rings is 1. The highest BCUT2D eigenvalue weighted by atomic mass is 19.3. The van der Waals surface area contributed by atoms with Crippen molar-refractivity contribution in [3.63, 3.8) is 0 Å². The molecular weight excluding hydrogens is 204 g/mol. The van der Waals surface area contributed by atoms with E-state index in [1.54, 1.807) is 0 Å². The van der Waals surface area contributed by atoms with Gasteiger partial charge in [-0.15, -0.1) is 0 Å². The average molecular weight is 215 g/mol. The Morgan fingerprint density at radius 2 is 1.87 bits per heavy atom.